The highest BCUT2D eigenvalue weighted by Gasteiger charge is 2.15. The Morgan fingerprint density at radius 1 is 1.42 bits per heavy atom. The Morgan fingerprint density at radius 3 is 2.74 bits per heavy atom. The second-order valence-corrected chi connectivity index (χ2v) is 4.55. The van der Waals surface area contributed by atoms with E-state index in [2.05, 4.69) is 10.5 Å². The van der Waals surface area contributed by atoms with Crippen molar-refractivity contribution in [2.75, 3.05) is 6.54 Å². The molecule has 5 nitrogen and oxygen atoms in total. The maximum absolute atomic E-state index is 11.8. The standard InChI is InChI=1S/C14H17N3O2/c1-9-3-5-11(6-4-9)12-7-13(19-17-12)14(18)16-10(2)8-15/h3-7,10H,8,15H2,1-2H3,(H,16,18)/t10-/m0/s1. The van der Waals surface area contributed by atoms with Gasteiger partial charge in [0.1, 0.15) is 5.69 Å². The fraction of sp³-hybridized carbons (Fsp3) is 0.286. The summed E-state index contributed by atoms with van der Waals surface area (Å²) in [6, 6.07) is 9.39. The molecule has 0 saturated heterocycles. The van der Waals surface area contributed by atoms with Gasteiger partial charge in [0.05, 0.1) is 0 Å². The first-order valence-electron chi connectivity index (χ1n) is 6.15. The number of hydrogen-bond donors (Lipinski definition) is 2. The molecule has 0 bridgehead atoms. The first-order chi connectivity index (χ1) is 9.10. The van der Waals surface area contributed by atoms with Crippen LogP contribution in [0.25, 0.3) is 11.3 Å². The Kier molecular flexibility index (Phi) is 3.97. The normalized spacial score (nSPS) is 12.2. The average molecular weight is 259 g/mol. The van der Waals surface area contributed by atoms with E-state index in [0.29, 0.717) is 12.2 Å². The number of aromatic nitrogens is 1. The number of nitrogens with one attached hydrogen (secondary N) is 1. The molecule has 0 fully saturated rings. The lowest BCUT2D eigenvalue weighted by Gasteiger charge is -2.08. The lowest BCUT2D eigenvalue weighted by Crippen LogP contribution is -2.37. The fourth-order valence-electron chi connectivity index (χ4n) is 1.60. The zero-order valence-electron chi connectivity index (χ0n) is 11.0. The number of nitrogens with two attached hydrogens (primary N) is 1. The van der Waals surface area contributed by atoms with Crippen LogP contribution >= 0.6 is 0 Å². The van der Waals surface area contributed by atoms with Crippen LogP contribution in [-0.4, -0.2) is 23.7 Å². The van der Waals surface area contributed by atoms with Crippen molar-refractivity contribution in [1.29, 1.82) is 0 Å². The van der Waals surface area contributed by atoms with Crippen molar-refractivity contribution in [2.24, 2.45) is 5.73 Å². The molecular formula is C14H17N3O2. The Morgan fingerprint density at radius 2 is 2.11 bits per heavy atom. The van der Waals surface area contributed by atoms with Crippen LogP contribution in [0.3, 0.4) is 0 Å². The molecule has 0 saturated carbocycles. The molecule has 1 atom stereocenters. The third-order valence-corrected chi connectivity index (χ3v) is 2.81. The van der Waals surface area contributed by atoms with Gasteiger partial charge in [-0.1, -0.05) is 35.0 Å². The number of nitrogens with zero attached hydrogens (tertiary/aromatic N) is 1. The minimum Gasteiger partial charge on any atom is -0.350 e. The van der Waals surface area contributed by atoms with Crippen LogP contribution in [0, 0.1) is 6.92 Å². The molecule has 0 aliphatic rings. The summed E-state index contributed by atoms with van der Waals surface area (Å²) in [5, 5.41) is 6.63. The van der Waals surface area contributed by atoms with Gasteiger partial charge in [-0.25, -0.2) is 0 Å². The van der Waals surface area contributed by atoms with Crippen LogP contribution in [0.1, 0.15) is 23.0 Å². The number of aryl methyl sites for hydroxylation is 1. The third kappa shape index (κ3) is 3.20. The van der Waals surface area contributed by atoms with E-state index < -0.39 is 0 Å². The van der Waals surface area contributed by atoms with E-state index in [-0.39, 0.29) is 17.7 Å². The Hall–Kier alpha value is -2.14. The van der Waals surface area contributed by atoms with Gasteiger partial charge in [-0.15, -0.1) is 0 Å². The van der Waals surface area contributed by atoms with Crippen molar-refractivity contribution in [2.45, 2.75) is 19.9 Å². The van der Waals surface area contributed by atoms with Crippen molar-refractivity contribution in [3.8, 4) is 11.3 Å². The third-order valence-electron chi connectivity index (χ3n) is 2.81. The van der Waals surface area contributed by atoms with E-state index >= 15 is 0 Å². The minimum absolute atomic E-state index is 0.0968. The first-order valence-corrected chi connectivity index (χ1v) is 6.15. The number of amides is 1. The van der Waals surface area contributed by atoms with Gasteiger partial charge in [-0.05, 0) is 13.8 Å². The van der Waals surface area contributed by atoms with Crippen LogP contribution in [0.15, 0.2) is 34.9 Å². The van der Waals surface area contributed by atoms with E-state index in [1.165, 1.54) is 5.56 Å². The Labute approximate surface area is 111 Å². The molecule has 2 aromatic rings. The van der Waals surface area contributed by atoms with Crippen LogP contribution < -0.4 is 11.1 Å². The summed E-state index contributed by atoms with van der Waals surface area (Å²) in [7, 11) is 0. The van der Waals surface area contributed by atoms with Crippen molar-refractivity contribution in [3.05, 3.63) is 41.7 Å². The molecule has 19 heavy (non-hydrogen) atoms. The molecule has 1 aromatic heterocycles. The monoisotopic (exact) mass is 259 g/mol. The second-order valence-electron chi connectivity index (χ2n) is 4.55. The van der Waals surface area contributed by atoms with Gasteiger partial charge in [-0.3, -0.25) is 4.79 Å². The summed E-state index contributed by atoms with van der Waals surface area (Å²) in [6.45, 7) is 4.22. The summed E-state index contributed by atoms with van der Waals surface area (Å²) in [4.78, 5) is 11.8. The predicted octanol–water partition coefficient (Wildman–Crippen LogP) is 1.73. The van der Waals surface area contributed by atoms with Gasteiger partial charge < -0.3 is 15.6 Å². The molecule has 0 radical (unpaired) electrons. The van der Waals surface area contributed by atoms with Crippen LogP contribution in [0.2, 0.25) is 0 Å². The first kappa shape index (κ1) is 13.3. The highest BCUT2D eigenvalue weighted by atomic mass is 16.5. The molecule has 5 heteroatoms. The van der Waals surface area contributed by atoms with Gasteiger partial charge in [0, 0.05) is 24.2 Å². The quantitative estimate of drug-likeness (QED) is 0.876. The molecule has 0 aliphatic carbocycles. The van der Waals surface area contributed by atoms with Gasteiger partial charge in [0.15, 0.2) is 0 Å². The van der Waals surface area contributed by atoms with E-state index in [4.69, 9.17) is 10.3 Å². The molecule has 1 aromatic carbocycles. The van der Waals surface area contributed by atoms with Crippen molar-refractivity contribution in [1.82, 2.24) is 10.5 Å². The van der Waals surface area contributed by atoms with Gasteiger partial charge in [0.25, 0.3) is 5.91 Å². The summed E-state index contributed by atoms with van der Waals surface area (Å²) >= 11 is 0. The molecule has 0 spiro atoms. The SMILES string of the molecule is Cc1ccc(-c2cc(C(=O)N[C@@H](C)CN)on2)cc1. The number of benzene rings is 1. The predicted molar refractivity (Wildman–Crippen MR) is 72.7 cm³/mol. The lowest BCUT2D eigenvalue weighted by atomic mass is 10.1. The molecule has 0 unspecified atom stereocenters. The van der Waals surface area contributed by atoms with E-state index in [0.717, 1.165) is 5.56 Å². The van der Waals surface area contributed by atoms with Crippen LogP contribution in [-0.2, 0) is 0 Å². The van der Waals surface area contributed by atoms with Gasteiger partial charge in [0.2, 0.25) is 5.76 Å². The van der Waals surface area contributed by atoms with Crippen LogP contribution in [0.5, 0.6) is 0 Å². The van der Waals surface area contributed by atoms with Crippen molar-refractivity contribution < 1.29 is 9.32 Å². The van der Waals surface area contributed by atoms with Crippen molar-refractivity contribution in [3.63, 3.8) is 0 Å². The molecule has 2 rings (SSSR count). The summed E-state index contributed by atoms with van der Waals surface area (Å²) in [5.41, 5.74) is 8.18. The smallest absolute Gasteiger partial charge is 0.290 e. The fourth-order valence-corrected chi connectivity index (χ4v) is 1.60. The number of rotatable bonds is 4. The Balaban J connectivity index is 2.15. The molecule has 3 N–H and O–H groups in total. The highest BCUT2D eigenvalue weighted by molar-refractivity contribution is 5.92. The maximum Gasteiger partial charge on any atom is 0.290 e. The van der Waals surface area contributed by atoms with Crippen molar-refractivity contribution >= 4 is 5.91 Å². The maximum atomic E-state index is 11.8. The molecular weight excluding hydrogens is 242 g/mol. The van der Waals surface area contributed by atoms with E-state index in [1.807, 2.05) is 38.1 Å². The topological polar surface area (TPSA) is 81.2 Å². The van der Waals surface area contributed by atoms with Gasteiger partial charge in [-0.2, -0.15) is 0 Å². The number of carbonyl (C=O) groups excluding carboxylic acids is 1. The Bertz CT molecular complexity index is 560. The highest BCUT2D eigenvalue weighted by Crippen LogP contribution is 2.19. The summed E-state index contributed by atoms with van der Waals surface area (Å²) in [5.74, 6) is -0.111. The zero-order chi connectivity index (χ0) is 13.8. The van der Waals surface area contributed by atoms with Gasteiger partial charge >= 0.3 is 0 Å². The molecule has 100 valence electrons. The second kappa shape index (κ2) is 5.67. The van der Waals surface area contributed by atoms with E-state index in [9.17, 15) is 4.79 Å². The lowest BCUT2D eigenvalue weighted by molar-refractivity contribution is 0.0904. The average Bonchev–Trinajstić information content (AvgIpc) is 2.89. The largest absolute Gasteiger partial charge is 0.350 e. The molecule has 1 heterocycles. The number of carbonyl (C=O) groups is 1. The van der Waals surface area contributed by atoms with Crippen LogP contribution in [0.4, 0.5) is 0 Å². The zero-order valence-corrected chi connectivity index (χ0v) is 11.0. The summed E-state index contributed by atoms with van der Waals surface area (Å²) in [6.07, 6.45) is 0. The summed E-state index contributed by atoms with van der Waals surface area (Å²) < 4.78 is 5.05. The number of hydrogen-bond acceptors (Lipinski definition) is 4. The molecule has 1 amide bonds. The van der Waals surface area contributed by atoms with E-state index in [1.54, 1.807) is 6.07 Å². The minimum atomic E-state index is -0.302. The molecule has 0 aliphatic heterocycles.